The van der Waals surface area contributed by atoms with Crippen LogP contribution in [0.3, 0.4) is 0 Å². The second-order valence-corrected chi connectivity index (χ2v) is 6.24. The van der Waals surface area contributed by atoms with Crippen molar-refractivity contribution in [1.29, 1.82) is 0 Å². The van der Waals surface area contributed by atoms with Crippen LogP contribution in [0.25, 0.3) is 0 Å². The summed E-state index contributed by atoms with van der Waals surface area (Å²) >= 11 is 0. The molecule has 2 rings (SSSR count). The predicted molar refractivity (Wildman–Crippen MR) is 70.9 cm³/mol. The van der Waals surface area contributed by atoms with Crippen molar-refractivity contribution in [3.05, 3.63) is 0 Å². The maximum Gasteiger partial charge on any atom is 0.0471 e. The van der Waals surface area contributed by atoms with Crippen molar-refractivity contribution in [1.82, 2.24) is 5.32 Å². The SMILES string of the molecule is CC1(CNCC2CCCC2CN)CCOCC1. The van der Waals surface area contributed by atoms with Gasteiger partial charge < -0.3 is 15.8 Å². The van der Waals surface area contributed by atoms with Crippen LogP contribution >= 0.6 is 0 Å². The van der Waals surface area contributed by atoms with Crippen LogP contribution in [0, 0.1) is 17.3 Å². The van der Waals surface area contributed by atoms with Gasteiger partial charge in [0.2, 0.25) is 0 Å². The molecule has 3 heteroatoms. The van der Waals surface area contributed by atoms with Gasteiger partial charge in [0.25, 0.3) is 0 Å². The van der Waals surface area contributed by atoms with E-state index < -0.39 is 0 Å². The Hall–Kier alpha value is -0.120. The zero-order valence-corrected chi connectivity index (χ0v) is 11.2. The zero-order valence-electron chi connectivity index (χ0n) is 11.2. The number of rotatable bonds is 5. The topological polar surface area (TPSA) is 47.3 Å². The molecule has 1 saturated carbocycles. The Bertz CT molecular complexity index is 226. The molecule has 100 valence electrons. The lowest BCUT2D eigenvalue weighted by molar-refractivity contribution is 0.0236. The fourth-order valence-electron chi connectivity index (χ4n) is 3.29. The normalized spacial score (nSPS) is 32.8. The molecule has 17 heavy (non-hydrogen) atoms. The summed E-state index contributed by atoms with van der Waals surface area (Å²) < 4.78 is 5.43. The van der Waals surface area contributed by atoms with Crippen LogP contribution in [-0.4, -0.2) is 32.8 Å². The Morgan fingerprint density at radius 1 is 1.24 bits per heavy atom. The van der Waals surface area contributed by atoms with Crippen LogP contribution in [0.4, 0.5) is 0 Å². The van der Waals surface area contributed by atoms with Gasteiger partial charge in [-0.15, -0.1) is 0 Å². The van der Waals surface area contributed by atoms with E-state index in [2.05, 4.69) is 12.2 Å². The third-order valence-electron chi connectivity index (χ3n) is 4.78. The maximum atomic E-state index is 5.82. The summed E-state index contributed by atoms with van der Waals surface area (Å²) in [5.41, 5.74) is 6.27. The molecule has 0 amide bonds. The van der Waals surface area contributed by atoms with Crippen molar-refractivity contribution in [3.63, 3.8) is 0 Å². The first-order valence-electron chi connectivity index (χ1n) is 7.22. The molecule has 2 atom stereocenters. The molecule has 1 saturated heterocycles. The summed E-state index contributed by atoms with van der Waals surface area (Å²) in [6.07, 6.45) is 6.48. The lowest BCUT2D eigenvalue weighted by Crippen LogP contribution is -2.39. The van der Waals surface area contributed by atoms with Crippen LogP contribution in [0.2, 0.25) is 0 Å². The zero-order chi connectivity index (χ0) is 12.1. The number of nitrogens with two attached hydrogens (primary N) is 1. The van der Waals surface area contributed by atoms with Gasteiger partial charge in [-0.25, -0.2) is 0 Å². The summed E-state index contributed by atoms with van der Waals surface area (Å²) in [4.78, 5) is 0. The van der Waals surface area contributed by atoms with E-state index in [-0.39, 0.29) is 0 Å². The second kappa shape index (κ2) is 6.17. The molecule has 1 aliphatic heterocycles. The van der Waals surface area contributed by atoms with Gasteiger partial charge in [-0.05, 0) is 56.0 Å². The van der Waals surface area contributed by atoms with Gasteiger partial charge in [-0.3, -0.25) is 0 Å². The molecule has 2 unspecified atom stereocenters. The van der Waals surface area contributed by atoms with Gasteiger partial charge in [0.1, 0.15) is 0 Å². The Kier molecular flexibility index (Phi) is 4.83. The van der Waals surface area contributed by atoms with Crippen molar-refractivity contribution in [3.8, 4) is 0 Å². The highest BCUT2D eigenvalue weighted by Crippen LogP contribution is 2.31. The van der Waals surface area contributed by atoms with E-state index in [4.69, 9.17) is 10.5 Å². The fraction of sp³-hybridized carbons (Fsp3) is 1.00. The minimum atomic E-state index is 0.453. The molecule has 0 spiro atoms. The minimum absolute atomic E-state index is 0.453. The molecule has 1 aliphatic carbocycles. The summed E-state index contributed by atoms with van der Waals surface area (Å²) in [5, 5.41) is 3.69. The highest BCUT2D eigenvalue weighted by Gasteiger charge is 2.29. The molecule has 3 nitrogen and oxygen atoms in total. The summed E-state index contributed by atoms with van der Waals surface area (Å²) in [6, 6.07) is 0. The standard InChI is InChI=1S/C14H28N2O/c1-14(5-7-17-8-6-14)11-16-10-13-4-2-3-12(13)9-15/h12-13,16H,2-11,15H2,1H3. The lowest BCUT2D eigenvalue weighted by atomic mass is 9.82. The molecule has 3 N–H and O–H groups in total. The third kappa shape index (κ3) is 3.67. The molecular formula is C14H28N2O. The van der Waals surface area contributed by atoms with Crippen molar-refractivity contribution in [2.24, 2.45) is 23.0 Å². The molecule has 0 aromatic carbocycles. The quantitative estimate of drug-likeness (QED) is 0.770. The number of nitrogens with one attached hydrogen (secondary N) is 1. The average molecular weight is 240 g/mol. The first kappa shape index (κ1) is 13.3. The van der Waals surface area contributed by atoms with Gasteiger partial charge in [0.05, 0.1) is 0 Å². The molecule has 0 bridgehead atoms. The van der Waals surface area contributed by atoms with E-state index in [1.54, 1.807) is 0 Å². The lowest BCUT2D eigenvalue weighted by Gasteiger charge is -2.34. The largest absolute Gasteiger partial charge is 0.381 e. The highest BCUT2D eigenvalue weighted by atomic mass is 16.5. The van der Waals surface area contributed by atoms with Crippen LogP contribution in [0.1, 0.15) is 39.0 Å². The van der Waals surface area contributed by atoms with Gasteiger partial charge in [0, 0.05) is 19.8 Å². The Morgan fingerprint density at radius 3 is 2.65 bits per heavy atom. The predicted octanol–water partition coefficient (Wildman–Crippen LogP) is 1.77. The Morgan fingerprint density at radius 2 is 1.94 bits per heavy atom. The number of ether oxygens (including phenoxy) is 1. The van der Waals surface area contributed by atoms with E-state index in [1.165, 1.54) is 32.1 Å². The molecule has 1 heterocycles. The Balaban J connectivity index is 1.68. The van der Waals surface area contributed by atoms with Crippen LogP contribution in [-0.2, 0) is 4.74 Å². The molecular weight excluding hydrogens is 212 g/mol. The molecule has 0 aromatic rings. The smallest absolute Gasteiger partial charge is 0.0471 e. The average Bonchev–Trinajstić information content (AvgIpc) is 2.77. The Labute approximate surface area is 105 Å². The van der Waals surface area contributed by atoms with Gasteiger partial charge in [-0.1, -0.05) is 13.3 Å². The second-order valence-electron chi connectivity index (χ2n) is 6.24. The van der Waals surface area contributed by atoms with Crippen molar-refractivity contribution < 1.29 is 4.74 Å². The molecule has 0 aromatic heterocycles. The first-order chi connectivity index (χ1) is 8.23. The summed E-state index contributed by atoms with van der Waals surface area (Å²) in [5.74, 6) is 1.59. The van der Waals surface area contributed by atoms with E-state index in [0.717, 1.165) is 44.7 Å². The van der Waals surface area contributed by atoms with Crippen LogP contribution in [0.15, 0.2) is 0 Å². The molecule has 2 fully saturated rings. The van der Waals surface area contributed by atoms with E-state index in [0.29, 0.717) is 5.41 Å². The number of hydrogen-bond acceptors (Lipinski definition) is 3. The van der Waals surface area contributed by atoms with Gasteiger partial charge >= 0.3 is 0 Å². The monoisotopic (exact) mass is 240 g/mol. The fourth-order valence-corrected chi connectivity index (χ4v) is 3.29. The van der Waals surface area contributed by atoms with E-state index in [1.807, 2.05) is 0 Å². The summed E-state index contributed by atoms with van der Waals surface area (Å²) in [7, 11) is 0. The minimum Gasteiger partial charge on any atom is -0.381 e. The van der Waals surface area contributed by atoms with Crippen molar-refractivity contribution >= 4 is 0 Å². The van der Waals surface area contributed by atoms with Crippen LogP contribution < -0.4 is 11.1 Å². The van der Waals surface area contributed by atoms with Crippen molar-refractivity contribution in [2.75, 3.05) is 32.8 Å². The van der Waals surface area contributed by atoms with Crippen LogP contribution in [0.5, 0.6) is 0 Å². The van der Waals surface area contributed by atoms with Crippen molar-refractivity contribution in [2.45, 2.75) is 39.0 Å². The van der Waals surface area contributed by atoms with E-state index in [9.17, 15) is 0 Å². The highest BCUT2D eigenvalue weighted by molar-refractivity contribution is 4.83. The number of hydrogen-bond donors (Lipinski definition) is 2. The van der Waals surface area contributed by atoms with Gasteiger partial charge in [-0.2, -0.15) is 0 Å². The molecule has 0 radical (unpaired) electrons. The third-order valence-corrected chi connectivity index (χ3v) is 4.78. The van der Waals surface area contributed by atoms with Gasteiger partial charge in [0.15, 0.2) is 0 Å². The first-order valence-corrected chi connectivity index (χ1v) is 7.22. The van der Waals surface area contributed by atoms with E-state index >= 15 is 0 Å². The molecule has 2 aliphatic rings. The summed E-state index contributed by atoms with van der Waals surface area (Å²) in [6.45, 7) is 7.44. The maximum absolute atomic E-state index is 5.82.